The molecule has 1 N–H and O–H groups in total. The molecule has 92 valence electrons. The van der Waals surface area contributed by atoms with Gasteiger partial charge in [0.05, 0.1) is 16.6 Å². The molecule has 1 aliphatic heterocycles. The number of alkyl halides is 3. The van der Waals surface area contributed by atoms with Gasteiger partial charge in [0.1, 0.15) is 6.61 Å². The Balaban J connectivity index is 2.34. The fraction of sp³-hybridized carbons (Fsp3) is 0.300. The zero-order valence-electron chi connectivity index (χ0n) is 8.34. The molecule has 1 aromatic carbocycles. The molecule has 2 rings (SSSR count). The lowest BCUT2D eigenvalue weighted by Gasteiger charge is -2.13. The maximum Gasteiger partial charge on any atom is 0.417 e. The van der Waals surface area contributed by atoms with E-state index in [1.54, 1.807) is 0 Å². The molecule has 1 unspecified atom stereocenters. The lowest BCUT2D eigenvalue weighted by atomic mass is 10.0. The minimum absolute atomic E-state index is 0.0117. The second-order valence-corrected chi connectivity index (χ2v) is 3.94. The van der Waals surface area contributed by atoms with Gasteiger partial charge < -0.3 is 10.1 Å². The molecule has 17 heavy (non-hydrogen) atoms. The molecule has 0 saturated carbocycles. The van der Waals surface area contributed by atoms with Crippen molar-refractivity contribution in [3.63, 3.8) is 0 Å². The summed E-state index contributed by atoms with van der Waals surface area (Å²) in [6, 6.07) is 2.93. The number of hydrogen-bond donors (Lipinski definition) is 1. The van der Waals surface area contributed by atoms with E-state index in [0.29, 0.717) is 5.56 Å². The van der Waals surface area contributed by atoms with E-state index in [1.165, 1.54) is 6.07 Å². The molecular weight excluding hydrogens is 259 g/mol. The molecule has 1 aliphatic rings. The van der Waals surface area contributed by atoms with Gasteiger partial charge in [0.15, 0.2) is 0 Å². The molecule has 3 nitrogen and oxygen atoms in total. The summed E-state index contributed by atoms with van der Waals surface area (Å²) in [4.78, 5) is 10.8. The van der Waals surface area contributed by atoms with Gasteiger partial charge in [-0.2, -0.15) is 13.2 Å². The first kappa shape index (κ1) is 12.0. The number of rotatable bonds is 1. The summed E-state index contributed by atoms with van der Waals surface area (Å²) in [5.74, 6) is 0. The molecule has 0 radical (unpaired) electrons. The molecule has 1 aromatic rings. The van der Waals surface area contributed by atoms with Crippen molar-refractivity contribution in [2.45, 2.75) is 12.2 Å². The van der Waals surface area contributed by atoms with Gasteiger partial charge in [-0.3, -0.25) is 0 Å². The van der Waals surface area contributed by atoms with Crippen molar-refractivity contribution in [3.8, 4) is 0 Å². The number of carbonyl (C=O) groups excluding carboxylic acids is 1. The lowest BCUT2D eigenvalue weighted by Crippen LogP contribution is -2.19. The first-order chi connectivity index (χ1) is 7.88. The first-order valence-electron chi connectivity index (χ1n) is 4.68. The third-order valence-electron chi connectivity index (χ3n) is 2.37. The maximum atomic E-state index is 12.6. The van der Waals surface area contributed by atoms with Crippen LogP contribution >= 0.6 is 11.6 Å². The summed E-state index contributed by atoms with van der Waals surface area (Å²) >= 11 is 5.48. The minimum atomic E-state index is -4.52. The summed E-state index contributed by atoms with van der Waals surface area (Å²) in [6.07, 6.45) is -5.16. The van der Waals surface area contributed by atoms with Gasteiger partial charge in [0.2, 0.25) is 0 Å². The second-order valence-electron chi connectivity index (χ2n) is 3.53. The highest BCUT2D eigenvalue weighted by Gasteiger charge is 2.34. The molecule has 0 aliphatic carbocycles. The van der Waals surface area contributed by atoms with Crippen LogP contribution in [0.25, 0.3) is 0 Å². The van der Waals surface area contributed by atoms with E-state index in [9.17, 15) is 18.0 Å². The molecule has 7 heteroatoms. The molecule has 0 spiro atoms. The van der Waals surface area contributed by atoms with Crippen LogP contribution in [0.4, 0.5) is 18.0 Å². The minimum Gasteiger partial charge on any atom is -0.447 e. The SMILES string of the molecule is O=C1NC(c2ccc(Cl)c(C(F)(F)F)c2)CO1. The number of nitrogens with one attached hydrogen (secondary N) is 1. The van der Waals surface area contributed by atoms with Crippen molar-refractivity contribution in [2.75, 3.05) is 6.61 Å². The van der Waals surface area contributed by atoms with Crippen molar-refractivity contribution in [3.05, 3.63) is 34.3 Å². The second kappa shape index (κ2) is 4.10. The number of amides is 1. The van der Waals surface area contributed by atoms with Crippen molar-refractivity contribution >= 4 is 17.7 Å². The Labute approximate surface area is 99.5 Å². The number of halogens is 4. The lowest BCUT2D eigenvalue weighted by molar-refractivity contribution is -0.137. The first-order valence-corrected chi connectivity index (χ1v) is 5.05. The highest BCUT2D eigenvalue weighted by atomic mass is 35.5. The van der Waals surface area contributed by atoms with Crippen LogP contribution < -0.4 is 5.32 Å². The Kier molecular flexibility index (Phi) is 2.91. The number of hydrogen-bond acceptors (Lipinski definition) is 2. The number of cyclic esters (lactones) is 1. The van der Waals surface area contributed by atoms with Crippen LogP contribution in [0.3, 0.4) is 0 Å². The van der Waals surface area contributed by atoms with Crippen LogP contribution in [0.1, 0.15) is 17.2 Å². The standard InChI is InChI=1S/C10H7ClF3NO2/c11-7-2-1-5(3-6(7)10(12,13)14)8-4-17-9(16)15-8/h1-3,8H,4H2,(H,15,16). The van der Waals surface area contributed by atoms with Gasteiger partial charge in [0.25, 0.3) is 0 Å². The van der Waals surface area contributed by atoms with Gasteiger partial charge in [-0.05, 0) is 17.7 Å². The smallest absolute Gasteiger partial charge is 0.417 e. The quantitative estimate of drug-likeness (QED) is 0.847. The summed E-state index contributed by atoms with van der Waals surface area (Å²) in [7, 11) is 0. The van der Waals surface area contributed by atoms with E-state index < -0.39 is 23.9 Å². The summed E-state index contributed by atoms with van der Waals surface area (Å²) < 4.78 is 42.4. The van der Waals surface area contributed by atoms with Crippen LogP contribution in [-0.4, -0.2) is 12.7 Å². The Hall–Kier alpha value is -1.43. The van der Waals surface area contributed by atoms with E-state index in [-0.39, 0.29) is 11.6 Å². The van der Waals surface area contributed by atoms with Crippen molar-refractivity contribution in [1.29, 1.82) is 0 Å². The Bertz CT molecular complexity index is 461. The fourth-order valence-electron chi connectivity index (χ4n) is 1.54. The van der Waals surface area contributed by atoms with E-state index in [0.717, 1.165) is 12.1 Å². The van der Waals surface area contributed by atoms with Crippen molar-refractivity contribution < 1.29 is 22.7 Å². The highest BCUT2D eigenvalue weighted by molar-refractivity contribution is 6.31. The zero-order chi connectivity index (χ0) is 12.6. The van der Waals surface area contributed by atoms with E-state index >= 15 is 0 Å². The average Bonchev–Trinajstić information content (AvgIpc) is 2.64. The van der Waals surface area contributed by atoms with Crippen molar-refractivity contribution in [2.24, 2.45) is 0 Å². The molecule has 1 fully saturated rings. The Morgan fingerprint density at radius 2 is 2.12 bits per heavy atom. The van der Waals surface area contributed by atoms with E-state index in [1.807, 2.05) is 0 Å². The number of alkyl carbamates (subject to hydrolysis) is 1. The summed E-state index contributed by atoms with van der Waals surface area (Å²) in [6.45, 7) is 0.0117. The van der Waals surface area contributed by atoms with Crippen LogP contribution in [0.15, 0.2) is 18.2 Å². The summed E-state index contributed by atoms with van der Waals surface area (Å²) in [5, 5.41) is 2.03. The predicted molar refractivity (Wildman–Crippen MR) is 53.7 cm³/mol. The van der Waals surface area contributed by atoms with Gasteiger partial charge in [-0.25, -0.2) is 4.79 Å². The van der Waals surface area contributed by atoms with Gasteiger partial charge in [-0.1, -0.05) is 17.7 Å². The third-order valence-corrected chi connectivity index (χ3v) is 2.70. The molecule has 1 atom stereocenters. The summed E-state index contributed by atoms with van der Waals surface area (Å²) in [5.41, 5.74) is -0.606. The van der Waals surface area contributed by atoms with Crippen LogP contribution in [-0.2, 0) is 10.9 Å². The van der Waals surface area contributed by atoms with E-state index in [4.69, 9.17) is 11.6 Å². The number of benzene rings is 1. The van der Waals surface area contributed by atoms with Crippen LogP contribution in [0, 0.1) is 0 Å². The maximum absolute atomic E-state index is 12.6. The average molecular weight is 266 g/mol. The highest BCUT2D eigenvalue weighted by Crippen LogP contribution is 2.36. The molecule has 1 heterocycles. The molecule has 1 saturated heterocycles. The zero-order valence-corrected chi connectivity index (χ0v) is 9.10. The third kappa shape index (κ3) is 2.46. The predicted octanol–water partition coefficient (Wildman–Crippen LogP) is 3.14. The number of carbonyl (C=O) groups is 1. The normalized spacial score (nSPS) is 20.0. The Morgan fingerprint density at radius 1 is 1.41 bits per heavy atom. The molecular formula is C10H7ClF3NO2. The molecule has 0 bridgehead atoms. The molecule has 0 aromatic heterocycles. The molecule has 1 amide bonds. The van der Waals surface area contributed by atoms with Crippen LogP contribution in [0.5, 0.6) is 0 Å². The Morgan fingerprint density at radius 3 is 2.65 bits per heavy atom. The van der Waals surface area contributed by atoms with E-state index in [2.05, 4.69) is 10.1 Å². The fourth-order valence-corrected chi connectivity index (χ4v) is 1.77. The van der Waals surface area contributed by atoms with Gasteiger partial charge in [0, 0.05) is 0 Å². The van der Waals surface area contributed by atoms with Gasteiger partial charge >= 0.3 is 12.3 Å². The monoisotopic (exact) mass is 265 g/mol. The largest absolute Gasteiger partial charge is 0.447 e. The number of ether oxygens (including phenoxy) is 1. The van der Waals surface area contributed by atoms with Gasteiger partial charge in [-0.15, -0.1) is 0 Å². The van der Waals surface area contributed by atoms with Crippen molar-refractivity contribution in [1.82, 2.24) is 5.32 Å². The topological polar surface area (TPSA) is 38.3 Å². The van der Waals surface area contributed by atoms with Crippen LogP contribution in [0.2, 0.25) is 5.02 Å².